The molecule has 0 saturated heterocycles. The van der Waals surface area contributed by atoms with Gasteiger partial charge in [0, 0.05) is 0 Å². The summed E-state index contributed by atoms with van der Waals surface area (Å²) < 4.78 is 10.6. The van der Waals surface area contributed by atoms with Crippen molar-refractivity contribution in [2.24, 2.45) is 5.10 Å². The lowest BCUT2D eigenvalue weighted by Crippen LogP contribution is -2.19. The molecule has 0 aliphatic carbocycles. The summed E-state index contributed by atoms with van der Waals surface area (Å²) in [4.78, 5) is 11.9. The van der Waals surface area contributed by atoms with Crippen molar-refractivity contribution >= 4 is 12.1 Å². The Morgan fingerprint density at radius 1 is 1.08 bits per heavy atom. The van der Waals surface area contributed by atoms with Gasteiger partial charge in [0.1, 0.15) is 11.5 Å². The van der Waals surface area contributed by atoms with E-state index in [0.29, 0.717) is 6.61 Å². The molecule has 5 nitrogen and oxygen atoms in total. The van der Waals surface area contributed by atoms with Gasteiger partial charge in [0.15, 0.2) is 0 Å². The van der Waals surface area contributed by atoms with Gasteiger partial charge in [-0.1, -0.05) is 19.1 Å². The van der Waals surface area contributed by atoms with Crippen molar-refractivity contribution < 1.29 is 14.3 Å². The maximum absolute atomic E-state index is 11.9. The highest BCUT2D eigenvalue weighted by atomic mass is 16.5. The smallest absolute Gasteiger partial charge is 0.244 e. The highest BCUT2D eigenvalue weighted by molar-refractivity contribution is 5.83. The van der Waals surface area contributed by atoms with E-state index in [1.54, 1.807) is 13.3 Å². The molecule has 0 saturated carbocycles. The van der Waals surface area contributed by atoms with Gasteiger partial charge in [0.2, 0.25) is 5.91 Å². The molecule has 2 rings (SSSR count). The van der Waals surface area contributed by atoms with Crippen LogP contribution in [0.4, 0.5) is 0 Å². The number of methoxy groups -OCH3 is 1. The quantitative estimate of drug-likeness (QED) is 0.599. The first-order chi connectivity index (χ1) is 11.7. The molecule has 0 spiro atoms. The van der Waals surface area contributed by atoms with Gasteiger partial charge in [0.25, 0.3) is 0 Å². The van der Waals surface area contributed by atoms with E-state index < -0.39 is 0 Å². The number of ether oxygens (including phenoxy) is 2. The number of hydrogen-bond donors (Lipinski definition) is 1. The minimum absolute atomic E-state index is 0.167. The van der Waals surface area contributed by atoms with Gasteiger partial charge in [-0.3, -0.25) is 4.79 Å². The van der Waals surface area contributed by atoms with Crippen LogP contribution in [0.1, 0.15) is 24.5 Å². The summed E-state index contributed by atoms with van der Waals surface area (Å²) in [7, 11) is 1.61. The molecule has 0 aromatic heterocycles. The largest absolute Gasteiger partial charge is 0.497 e. The standard InChI is InChI=1S/C19H22N2O3/c1-3-12-24-18-10-6-16(7-11-18)14-20-21-19(22)13-15-4-8-17(23-2)9-5-15/h4-11,14H,3,12-13H2,1-2H3,(H,21,22)/b20-14+. The molecule has 0 aliphatic heterocycles. The van der Waals surface area contributed by atoms with Crippen LogP contribution >= 0.6 is 0 Å². The Morgan fingerprint density at radius 2 is 1.75 bits per heavy atom. The van der Waals surface area contributed by atoms with E-state index in [9.17, 15) is 4.79 Å². The summed E-state index contributed by atoms with van der Waals surface area (Å²) in [6.07, 6.45) is 2.85. The SMILES string of the molecule is CCCOc1ccc(/C=N/NC(=O)Cc2ccc(OC)cc2)cc1. The zero-order valence-electron chi connectivity index (χ0n) is 14.0. The molecule has 2 aromatic rings. The molecule has 0 bridgehead atoms. The van der Waals surface area contributed by atoms with E-state index >= 15 is 0 Å². The molecule has 126 valence electrons. The molecule has 0 unspecified atom stereocenters. The molecule has 0 aliphatic rings. The molecule has 24 heavy (non-hydrogen) atoms. The molecule has 0 fully saturated rings. The van der Waals surface area contributed by atoms with Crippen LogP contribution in [0.2, 0.25) is 0 Å². The van der Waals surface area contributed by atoms with Crippen molar-refractivity contribution in [3.8, 4) is 11.5 Å². The highest BCUT2D eigenvalue weighted by Gasteiger charge is 2.02. The summed E-state index contributed by atoms with van der Waals surface area (Å²) in [6.45, 7) is 2.77. The maximum atomic E-state index is 11.9. The van der Waals surface area contributed by atoms with E-state index in [1.165, 1.54) is 0 Å². The van der Waals surface area contributed by atoms with Crippen molar-refractivity contribution in [3.05, 3.63) is 59.7 Å². The van der Waals surface area contributed by atoms with Gasteiger partial charge in [-0.05, 0) is 53.9 Å². The predicted molar refractivity (Wildman–Crippen MR) is 94.7 cm³/mol. The summed E-state index contributed by atoms with van der Waals surface area (Å²) in [6, 6.07) is 14.9. The third kappa shape index (κ3) is 5.76. The van der Waals surface area contributed by atoms with Crippen LogP contribution in [0, 0.1) is 0 Å². The molecule has 1 N–H and O–H groups in total. The number of carbonyl (C=O) groups excluding carboxylic acids is 1. The Balaban J connectivity index is 1.80. The van der Waals surface area contributed by atoms with Gasteiger partial charge < -0.3 is 9.47 Å². The van der Waals surface area contributed by atoms with E-state index in [-0.39, 0.29) is 12.3 Å². The monoisotopic (exact) mass is 326 g/mol. The van der Waals surface area contributed by atoms with Crippen LogP contribution in [-0.4, -0.2) is 25.8 Å². The van der Waals surface area contributed by atoms with Crippen molar-refractivity contribution in [3.63, 3.8) is 0 Å². The molecule has 1 amide bonds. The topological polar surface area (TPSA) is 59.9 Å². The number of amides is 1. The molecule has 0 heterocycles. The number of rotatable bonds is 8. The van der Waals surface area contributed by atoms with Crippen LogP contribution in [0.15, 0.2) is 53.6 Å². The third-order valence-corrected chi connectivity index (χ3v) is 3.28. The number of nitrogens with zero attached hydrogens (tertiary/aromatic N) is 1. The molecule has 5 heteroatoms. The normalized spacial score (nSPS) is 10.6. The van der Waals surface area contributed by atoms with E-state index in [2.05, 4.69) is 17.5 Å². The first-order valence-electron chi connectivity index (χ1n) is 7.89. The average Bonchev–Trinajstić information content (AvgIpc) is 2.61. The second-order valence-corrected chi connectivity index (χ2v) is 5.24. The minimum atomic E-state index is -0.167. The third-order valence-electron chi connectivity index (χ3n) is 3.28. The van der Waals surface area contributed by atoms with Crippen LogP contribution < -0.4 is 14.9 Å². The van der Waals surface area contributed by atoms with Crippen molar-refractivity contribution in [1.29, 1.82) is 0 Å². The van der Waals surface area contributed by atoms with Gasteiger partial charge in [-0.2, -0.15) is 5.10 Å². The molecular weight excluding hydrogens is 304 g/mol. The lowest BCUT2D eigenvalue weighted by atomic mass is 10.1. The van der Waals surface area contributed by atoms with Crippen LogP contribution in [0.3, 0.4) is 0 Å². The number of benzene rings is 2. The lowest BCUT2D eigenvalue weighted by Gasteiger charge is -2.04. The van der Waals surface area contributed by atoms with Crippen LogP contribution in [0.5, 0.6) is 11.5 Å². The van der Waals surface area contributed by atoms with E-state index in [0.717, 1.165) is 29.0 Å². The molecule has 0 radical (unpaired) electrons. The summed E-state index contributed by atoms with van der Waals surface area (Å²) in [5, 5.41) is 3.97. The fourth-order valence-corrected chi connectivity index (χ4v) is 2.02. The number of hydrazone groups is 1. The first kappa shape index (κ1) is 17.5. The Morgan fingerprint density at radius 3 is 2.38 bits per heavy atom. The van der Waals surface area contributed by atoms with Gasteiger partial charge in [-0.15, -0.1) is 0 Å². The predicted octanol–water partition coefficient (Wildman–Crippen LogP) is 3.18. The maximum Gasteiger partial charge on any atom is 0.244 e. The zero-order chi connectivity index (χ0) is 17.2. The second kappa shape index (κ2) is 9.35. The average molecular weight is 326 g/mol. The van der Waals surface area contributed by atoms with Gasteiger partial charge >= 0.3 is 0 Å². The highest BCUT2D eigenvalue weighted by Crippen LogP contribution is 2.12. The second-order valence-electron chi connectivity index (χ2n) is 5.24. The zero-order valence-corrected chi connectivity index (χ0v) is 14.0. The number of carbonyl (C=O) groups is 1. The number of nitrogens with one attached hydrogen (secondary N) is 1. The van der Waals surface area contributed by atoms with Crippen LogP contribution in [-0.2, 0) is 11.2 Å². The fourth-order valence-electron chi connectivity index (χ4n) is 2.02. The van der Waals surface area contributed by atoms with E-state index in [1.807, 2.05) is 48.5 Å². The van der Waals surface area contributed by atoms with Crippen molar-refractivity contribution in [2.75, 3.05) is 13.7 Å². The molecule has 0 atom stereocenters. The van der Waals surface area contributed by atoms with Gasteiger partial charge in [-0.25, -0.2) is 5.43 Å². The van der Waals surface area contributed by atoms with E-state index in [4.69, 9.17) is 9.47 Å². The Bertz CT molecular complexity index is 664. The fraction of sp³-hybridized carbons (Fsp3) is 0.263. The summed E-state index contributed by atoms with van der Waals surface area (Å²) >= 11 is 0. The summed E-state index contributed by atoms with van der Waals surface area (Å²) in [5.74, 6) is 1.43. The minimum Gasteiger partial charge on any atom is -0.497 e. The number of hydrogen-bond acceptors (Lipinski definition) is 4. The Labute approximate surface area is 142 Å². The first-order valence-corrected chi connectivity index (χ1v) is 7.89. The van der Waals surface area contributed by atoms with Crippen molar-refractivity contribution in [1.82, 2.24) is 5.43 Å². The van der Waals surface area contributed by atoms with Gasteiger partial charge in [0.05, 0.1) is 26.4 Å². The Hall–Kier alpha value is -2.82. The van der Waals surface area contributed by atoms with Crippen molar-refractivity contribution in [2.45, 2.75) is 19.8 Å². The molecular formula is C19H22N2O3. The lowest BCUT2D eigenvalue weighted by molar-refractivity contribution is -0.120. The Kier molecular flexibility index (Phi) is 6.83. The summed E-state index contributed by atoms with van der Waals surface area (Å²) in [5.41, 5.74) is 4.32. The van der Waals surface area contributed by atoms with Crippen LogP contribution in [0.25, 0.3) is 0 Å². The molecule has 2 aromatic carbocycles.